The van der Waals surface area contributed by atoms with E-state index in [-0.39, 0.29) is 12.4 Å². The van der Waals surface area contributed by atoms with Crippen molar-refractivity contribution >= 4 is 16.6 Å². The van der Waals surface area contributed by atoms with Crippen LogP contribution in [0.5, 0.6) is 5.75 Å². The van der Waals surface area contributed by atoms with Gasteiger partial charge in [-0.1, -0.05) is 6.07 Å². The quantitative estimate of drug-likeness (QED) is 0.447. The molecule has 2 aromatic carbocycles. The number of rotatable bonds is 9. The van der Waals surface area contributed by atoms with Gasteiger partial charge in [0.1, 0.15) is 24.3 Å². The number of hydrogen-bond acceptors (Lipinski definition) is 5. The van der Waals surface area contributed by atoms with E-state index in [1.54, 1.807) is 6.20 Å². The summed E-state index contributed by atoms with van der Waals surface area (Å²) in [5.41, 5.74) is 2.01. The Morgan fingerprint density at radius 1 is 1.16 bits per heavy atom. The van der Waals surface area contributed by atoms with E-state index in [1.165, 1.54) is 24.3 Å². The third kappa shape index (κ3) is 4.91. The second-order valence-corrected chi connectivity index (χ2v) is 5.69. The lowest BCUT2D eigenvalue weighted by Crippen LogP contribution is -2.34. The normalized spacial score (nSPS) is 12.2. The van der Waals surface area contributed by atoms with E-state index in [2.05, 4.69) is 20.8 Å². The predicted octanol–water partition coefficient (Wildman–Crippen LogP) is 2.14. The molecule has 0 fully saturated rings. The largest absolute Gasteiger partial charge is 0.491 e. The zero-order chi connectivity index (χ0) is 17.5. The number of aliphatic hydroxyl groups is 1. The molecule has 1 heterocycles. The standard InChI is InChI=1S/C18H21FN4O2/c19-13-4-6-15(7-5-13)25-12-14(24)10-20-8-9-21-17-2-1-3-18-16(17)11-22-23-18/h1-7,11,14,20-21,24H,8-10,12H2,(H,22,23). The molecule has 7 heteroatoms. The number of aliphatic hydroxyl groups excluding tert-OH is 1. The molecule has 1 aromatic heterocycles. The Bertz CT molecular complexity index is 791. The van der Waals surface area contributed by atoms with E-state index in [1.807, 2.05) is 18.2 Å². The van der Waals surface area contributed by atoms with E-state index in [0.717, 1.165) is 23.1 Å². The number of hydrogen-bond donors (Lipinski definition) is 4. The van der Waals surface area contributed by atoms with Crippen molar-refractivity contribution in [2.75, 3.05) is 31.6 Å². The summed E-state index contributed by atoms with van der Waals surface area (Å²) < 4.78 is 18.2. The van der Waals surface area contributed by atoms with Gasteiger partial charge in [-0.3, -0.25) is 5.10 Å². The lowest BCUT2D eigenvalue weighted by atomic mass is 10.2. The fraction of sp³-hybridized carbons (Fsp3) is 0.278. The molecule has 3 rings (SSSR count). The molecule has 0 bridgehead atoms. The van der Waals surface area contributed by atoms with Crippen molar-refractivity contribution in [3.8, 4) is 5.75 Å². The predicted molar refractivity (Wildman–Crippen MR) is 95.4 cm³/mol. The van der Waals surface area contributed by atoms with Gasteiger partial charge in [0, 0.05) is 30.7 Å². The Kier molecular flexibility index (Phi) is 5.81. The highest BCUT2D eigenvalue weighted by Crippen LogP contribution is 2.20. The van der Waals surface area contributed by atoms with Crippen LogP contribution in [0.3, 0.4) is 0 Å². The Hall–Kier alpha value is -2.64. The Labute approximate surface area is 145 Å². The summed E-state index contributed by atoms with van der Waals surface area (Å²) in [4.78, 5) is 0. The van der Waals surface area contributed by atoms with Gasteiger partial charge in [-0.15, -0.1) is 0 Å². The van der Waals surface area contributed by atoms with Crippen LogP contribution in [0.1, 0.15) is 0 Å². The fourth-order valence-corrected chi connectivity index (χ4v) is 2.46. The highest BCUT2D eigenvalue weighted by molar-refractivity contribution is 5.90. The van der Waals surface area contributed by atoms with Crippen LogP contribution in [0.2, 0.25) is 0 Å². The number of fused-ring (bicyclic) bond motifs is 1. The third-order valence-corrected chi connectivity index (χ3v) is 3.74. The lowest BCUT2D eigenvalue weighted by Gasteiger charge is -2.14. The van der Waals surface area contributed by atoms with E-state index in [9.17, 15) is 9.50 Å². The maximum Gasteiger partial charge on any atom is 0.123 e. The Morgan fingerprint density at radius 2 is 2.00 bits per heavy atom. The first-order chi connectivity index (χ1) is 12.2. The van der Waals surface area contributed by atoms with E-state index < -0.39 is 6.10 Å². The van der Waals surface area contributed by atoms with Crippen LogP contribution in [0.25, 0.3) is 10.9 Å². The Morgan fingerprint density at radius 3 is 2.84 bits per heavy atom. The van der Waals surface area contributed by atoms with Gasteiger partial charge in [0.25, 0.3) is 0 Å². The average molecular weight is 344 g/mol. The van der Waals surface area contributed by atoms with Crippen LogP contribution in [-0.4, -0.2) is 47.6 Å². The molecule has 3 aromatic rings. The van der Waals surface area contributed by atoms with Gasteiger partial charge in [-0.2, -0.15) is 5.10 Å². The molecule has 4 N–H and O–H groups in total. The molecule has 25 heavy (non-hydrogen) atoms. The molecular weight excluding hydrogens is 323 g/mol. The third-order valence-electron chi connectivity index (χ3n) is 3.74. The lowest BCUT2D eigenvalue weighted by molar-refractivity contribution is 0.107. The maximum absolute atomic E-state index is 12.8. The summed E-state index contributed by atoms with van der Waals surface area (Å²) in [7, 11) is 0. The van der Waals surface area contributed by atoms with Gasteiger partial charge in [0.15, 0.2) is 0 Å². The molecule has 0 saturated carbocycles. The molecule has 0 aliphatic rings. The number of halogens is 1. The zero-order valence-electron chi connectivity index (χ0n) is 13.7. The zero-order valence-corrected chi connectivity index (χ0v) is 13.7. The monoisotopic (exact) mass is 344 g/mol. The van der Waals surface area contributed by atoms with Crippen molar-refractivity contribution in [1.82, 2.24) is 15.5 Å². The number of nitrogens with zero attached hydrogens (tertiary/aromatic N) is 1. The van der Waals surface area contributed by atoms with Crippen molar-refractivity contribution < 1.29 is 14.2 Å². The summed E-state index contributed by atoms with van der Waals surface area (Å²) in [6, 6.07) is 11.7. The van der Waals surface area contributed by atoms with Crippen molar-refractivity contribution in [2.24, 2.45) is 0 Å². The van der Waals surface area contributed by atoms with Gasteiger partial charge in [0.2, 0.25) is 0 Å². The minimum atomic E-state index is -0.637. The van der Waals surface area contributed by atoms with Crippen molar-refractivity contribution in [2.45, 2.75) is 6.10 Å². The highest BCUT2D eigenvalue weighted by Gasteiger charge is 2.05. The van der Waals surface area contributed by atoms with Crippen molar-refractivity contribution in [3.63, 3.8) is 0 Å². The maximum atomic E-state index is 12.8. The molecule has 0 saturated heterocycles. The molecule has 132 valence electrons. The van der Waals surface area contributed by atoms with Crippen LogP contribution >= 0.6 is 0 Å². The Balaban J connectivity index is 1.33. The molecule has 0 spiro atoms. The molecule has 0 amide bonds. The number of anilines is 1. The molecule has 0 radical (unpaired) electrons. The molecular formula is C18H21FN4O2. The van der Waals surface area contributed by atoms with Crippen LogP contribution in [-0.2, 0) is 0 Å². The first-order valence-electron chi connectivity index (χ1n) is 8.15. The molecule has 0 aliphatic heterocycles. The summed E-state index contributed by atoms with van der Waals surface area (Å²) in [5, 5.41) is 24.4. The van der Waals surface area contributed by atoms with E-state index in [0.29, 0.717) is 18.8 Å². The number of nitrogens with one attached hydrogen (secondary N) is 3. The minimum Gasteiger partial charge on any atom is -0.491 e. The van der Waals surface area contributed by atoms with Crippen LogP contribution < -0.4 is 15.4 Å². The highest BCUT2D eigenvalue weighted by atomic mass is 19.1. The summed E-state index contributed by atoms with van der Waals surface area (Å²) in [6.45, 7) is 1.98. The van der Waals surface area contributed by atoms with Gasteiger partial charge >= 0.3 is 0 Å². The smallest absolute Gasteiger partial charge is 0.123 e. The molecule has 0 aliphatic carbocycles. The fourth-order valence-electron chi connectivity index (χ4n) is 2.46. The average Bonchev–Trinajstić information content (AvgIpc) is 3.10. The first-order valence-corrected chi connectivity index (χ1v) is 8.15. The summed E-state index contributed by atoms with van der Waals surface area (Å²) >= 11 is 0. The number of H-pyrrole nitrogens is 1. The van der Waals surface area contributed by atoms with Crippen LogP contribution in [0, 0.1) is 5.82 Å². The van der Waals surface area contributed by atoms with Crippen molar-refractivity contribution in [1.29, 1.82) is 0 Å². The van der Waals surface area contributed by atoms with Gasteiger partial charge in [-0.25, -0.2) is 4.39 Å². The van der Waals surface area contributed by atoms with Gasteiger partial charge < -0.3 is 20.5 Å². The molecule has 6 nitrogen and oxygen atoms in total. The van der Waals surface area contributed by atoms with Crippen molar-refractivity contribution in [3.05, 3.63) is 54.5 Å². The number of ether oxygens (including phenoxy) is 1. The van der Waals surface area contributed by atoms with Crippen LogP contribution in [0.15, 0.2) is 48.7 Å². The van der Waals surface area contributed by atoms with E-state index >= 15 is 0 Å². The van der Waals surface area contributed by atoms with E-state index in [4.69, 9.17) is 4.74 Å². The molecule has 1 atom stereocenters. The first kappa shape index (κ1) is 17.2. The minimum absolute atomic E-state index is 0.153. The van der Waals surface area contributed by atoms with Gasteiger partial charge in [-0.05, 0) is 36.4 Å². The summed E-state index contributed by atoms with van der Waals surface area (Å²) in [5.74, 6) is 0.225. The summed E-state index contributed by atoms with van der Waals surface area (Å²) in [6.07, 6.45) is 1.16. The number of aromatic amines is 1. The SMILES string of the molecule is OC(CNCCNc1cccc2[nH]ncc12)COc1ccc(F)cc1. The van der Waals surface area contributed by atoms with Gasteiger partial charge in [0.05, 0.1) is 11.7 Å². The van der Waals surface area contributed by atoms with Crippen LogP contribution in [0.4, 0.5) is 10.1 Å². The number of aromatic nitrogens is 2. The topological polar surface area (TPSA) is 82.2 Å². The second kappa shape index (κ2) is 8.46. The second-order valence-electron chi connectivity index (χ2n) is 5.69. The number of benzene rings is 2. The molecule has 1 unspecified atom stereocenters.